The maximum Gasteiger partial charge on any atom is 0.321 e. The Kier molecular flexibility index (Phi) is 5.04. The lowest BCUT2D eigenvalue weighted by Crippen LogP contribution is -2.37. The number of amides is 2. The molecule has 5 heteroatoms. The van der Waals surface area contributed by atoms with Gasteiger partial charge in [0.25, 0.3) is 0 Å². The van der Waals surface area contributed by atoms with E-state index in [2.05, 4.69) is 41.4 Å². The molecule has 2 atom stereocenters. The second-order valence-electron chi connectivity index (χ2n) is 6.89. The minimum Gasteiger partial charge on any atom is -0.322 e. The molecule has 1 heterocycles. The molecule has 2 aromatic rings. The van der Waals surface area contributed by atoms with Gasteiger partial charge in [-0.2, -0.15) is 0 Å². The molecule has 4 nitrogen and oxygen atoms in total. The molecule has 0 bridgehead atoms. The highest BCUT2D eigenvalue weighted by Gasteiger charge is 2.37. The number of benzene rings is 2. The second-order valence-corrected chi connectivity index (χ2v) is 6.89. The Bertz CT molecular complexity index is 745. The van der Waals surface area contributed by atoms with Crippen molar-refractivity contribution in [3.8, 4) is 0 Å². The molecule has 2 aromatic carbocycles. The molecule has 0 saturated carbocycles. The molecule has 1 saturated heterocycles. The molecule has 0 aliphatic carbocycles. The van der Waals surface area contributed by atoms with Crippen LogP contribution in [0.4, 0.5) is 14.9 Å². The Balaban J connectivity index is 1.75. The smallest absolute Gasteiger partial charge is 0.321 e. The van der Waals surface area contributed by atoms with E-state index in [9.17, 15) is 9.18 Å². The fourth-order valence-corrected chi connectivity index (χ4v) is 3.39. The summed E-state index contributed by atoms with van der Waals surface area (Å²) in [6, 6.07) is 14.5. The Morgan fingerprint density at radius 3 is 2.52 bits per heavy atom. The fourth-order valence-electron chi connectivity index (χ4n) is 3.39. The summed E-state index contributed by atoms with van der Waals surface area (Å²) in [6.45, 7) is 3.36. The first kappa shape index (κ1) is 17.4. The summed E-state index contributed by atoms with van der Waals surface area (Å²) >= 11 is 0. The molecule has 1 fully saturated rings. The van der Waals surface area contributed by atoms with Gasteiger partial charge in [0.1, 0.15) is 5.82 Å². The maximum atomic E-state index is 13.3. The minimum absolute atomic E-state index is 0.188. The molecule has 0 spiro atoms. The highest BCUT2D eigenvalue weighted by molar-refractivity contribution is 5.89. The van der Waals surface area contributed by atoms with Crippen molar-refractivity contribution in [2.45, 2.75) is 18.9 Å². The van der Waals surface area contributed by atoms with Crippen LogP contribution in [0.25, 0.3) is 0 Å². The van der Waals surface area contributed by atoms with E-state index in [-0.39, 0.29) is 23.8 Å². The van der Waals surface area contributed by atoms with Crippen LogP contribution in [0.5, 0.6) is 0 Å². The van der Waals surface area contributed by atoms with Crippen LogP contribution in [0.15, 0.2) is 48.5 Å². The number of urea groups is 1. The predicted octanol–water partition coefficient (Wildman–Crippen LogP) is 3.70. The largest absolute Gasteiger partial charge is 0.322 e. The lowest BCUT2D eigenvalue weighted by molar-refractivity contribution is 0.216. The summed E-state index contributed by atoms with van der Waals surface area (Å²) in [5.74, 6) is -0.100. The average molecular weight is 341 g/mol. The highest BCUT2D eigenvalue weighted by Crippen LogP contribution is 2.31. The first-order chi connectivity index (χ1) is 11.9. The normalized spacial score (nSPS) is 20.1. The zero-order chi connectivity index (χ0) is 18.0. The Morgan fingerprint density at radius 1 is 1.16 bits per heavy atom. The van der Waals surface area contributed by atoms with Crippen LogP contribution in [0.2, 0.25) is 0 Å². The number of anilines is 1. The van der Waals surface area contributed by atoms with Crippen molar-refractivity contribution >= 4 is 11.7 Å². The number of likely N-dealkylation sites (tertiary alicyclic amines) is 1. The van der Waals surface area contributed by atoms with Crippen molar-refractivity contribution in [1.82, 2.24) is 9.80 Å². The van der Waals surface area contributed by atoms with Gasteiger partial charge in [0, 0.05) is 30.7 Å². The standard InChI is InChI=1S/C20H24FN3O/c1-14-7-9-15(10-8-14)18-12-24(13-19(18)23(2)3)20(25)22-17-6-4-5-16(21)11-17/h4-11,18-19H,12-13H2,1-3H3,(H,22,25)/t18-,19+/m0/s1. The van der Waals surface area contributed by atoms with E-state index >= 15 is 0 Å². The third-order valence-electron chi connectivity index (χ3n) is 4.82. The van der Waals surface area contributed by atoms with Gasteiger partial charge in [0.15, 0.2) is 0 Å². The molecule has 1 aliphatic rings. The van der Waals surface area contributed by atoms with Gasteiger partial charge in [-0.1, -0.05) is 35.9 Å². The lowest BCUT2D eigenvalue weighted by Gasteiger charge is -2.25. The molecule has 0 unspecified atom stereocenters. The van der Waals surface area contributed by atoms with E-state index in [0.717, 1.165) is 0 Å². The lowest BCUT2D eigenvalue weighted by atomic mass is 9.93. The van der Waals surface area contributed by atoms with Gasteiger partial charge in [-0.25, -0.2) is 9.18 Å². The molecule has 2 amide bonds. The van der Waals surface area contributed by atoms with E-state index in [1.165, 1.54) is 23.3 Å². The van der Waals surface area contributed by atoms with Crippen molar-refractivity contribution in [2.24, 2.45) is 0 Å². The SMILES string of the molecule is Cc1ccc([C@@H]2CN(C(=O)Nc3cccc(F)c3)C[C@H]2N(C)C)cc1. The molecule has 3 rings (SSSR count). The molecular formula is C20H24FN3O. The van der Waals surface area contributed by atoms with Gasteiger partial charge in [0.05, 0.1) is 0 Å². The monoisotopic (exact) mass is 341 g/mol. The van der Waals surface area contributed by atoms with Gasteiger partial charge in [0.2, 0.25) is 0 Å². The van der Waals surface area contributed by atoms with E-state index < -0.39 is 0 Å². The van der Waals surface area contributed by atoms with Crippen molar-refractivity contribution in [3.05, 3.63) is 65.5 Å². The molecule has 1 aliphatic heterocycles. The molecular weight excluding hydrogens is 317 g/mol. The van der Waals surface area contributed by atoms with Gasteiger partial charge >= 0.3 is 6.03 Å². The van der Waals surface area contributed by atoms with E-state index in [1.54, 1.807) is 17.0 Å². The molecule has 0 aromatic heterocycles. The number of hydrogen-bond donors (Lipinski definition) is 1. The molecule has 25 heavy (non-hydrogen) atoms. The number of likely N-dealkylation sites (N-methyl/N-ethyl adjacent to an activating group) is 1. The van der Waals surface area contributed by atoms with Crippen LogP contribution in [0.1, 0.15) is 17.0 Å². The Hall–Kier alpha value is -2.40. The van der Waals surface area contributed by atoms with Crippen LogP contribution < -0.4 is 5.32 Å². The summed E-state index contributed by atoms with van der Waals surface area (Å²) in [5.41, 5.74) is 2.94. The van der Waals surface area contributed by atoms with Crippen LogP contribution in [0, 0.1) is 12.7 Å². The van der Waals surface area contributed by atoms with Crippen molar-refractivity contribution in [2.75, 3.05) is 32.5 Å². The number of hydrogen-bond acceptors (Lipinski definition) is 2. The number of carbonyl (C=O) groups is 1. The van der Waals surface area contributed by atoms with Crippen LogP contribution in [0.3, 0.4) is 0 Å². The summed E-state index contributed by atoms with van der Waals surface area (Å²) in [7, 11) is 4.08. The summed E-state index contributed by atoms with van der Waals surface area (Å²) in [6.07, 6.45) is 0. The van der Waals surface area contributed by atoms with Crippen LogP contribution in [-0.2, 0) is 0 Å². The topological polar surface area (TPSA) is 35.6 Å². The van der Waals surface area contributed by atoms with Crippen molar-refractivity contribution < 1.29 is 9.18 Å². The number of carbonyl (C=O) groups excluding carboxylic acids is 1. The highest BCUT2D eigenvalue weighted by atomic mass is 19.1. The third kappa shape index (κ3) is 3.99. The van der Waals surface area contributed by atoms with Crippen LogP contribution in [-0.4, -0.2) is 49.1 Å². The quantitative estimate of drug-likeness (QED) is 0.924. The predicted molar refractivity (Wildman–Crippen MR) is 98.4 cm³/mol. The van der Waals surface area contributed by atoms with E-state index in [0.29, 0.717) is 18.8 Å². The van der Waals surface area contributed by atoms with Crippen LogP contribution >= 0.6 is 0 Å². The summed E-state index contributed by atoms with van der Waals surface area (Å²) in [5, 5.41) is 2.79. The molecule has 1 N–H and O–H groups in total. The first-order valence-electron chi connectivity index (χ1n) is 8.48. The van der Waals surface area contributed by atoms with Gasteiger partial charge < -0.3 is 15.1 Å². The Labute approximate surface area is 148 Å². The van der Waals surface area contributed by atoms with E-state index in [1.807, 2.05) is 14.1 Å². The van der Waals surface area contributed by atoms with Gasteiger partial charge in [-0.15, -0.1) is 0 Å². The summed E-state index contributed by atoms with van der Waals surface area (Å²) in [4.78, 5) is 16.6. The van der Waals surface area contributed by atoms with Gasteiger partial charge in [-0.05, 0) is 44.8 Å². The average Bonchev–Trinajstić information content (AvgIpc) is 3.01. The van der Waals surface area contributed by atoms with Crippen molar-refractivity contribution in [3.63, 3.8) is 0 Å². The second kappa shape index (κ2) is 7.23. The Morgan fingerprint density at radius 2 is 1.88 bits per heavy atom. The maximum absolute atomic E-state index is 13.3. The van der Waals surface area contributed by atoms with Gasteiger partial charge in [-0.3, -0.25) is 0 Å². The number of nitrogens with zero attached hydrogens (tertiary/aromatic N) is 2. The molecule has 0 radical (unpaired) electrons. The fraction of sp³-hybridized carbons (Fsp3) is 0.350. The van der Waals surface area contributed by atoms with E-state index in [4.69, 9.17) is 0 Å². The first-order valence-corrected chi connectivity index (χ1v) is 8.48. The third-order valence-corrected chi connectivity index (χ3v) is 4.82. The zero-order valence-electron chi connectivity index (χ0n) is 14.9. The number of halogens is 1. The number of nitrogens with one attached hydrogen (secondary N) is 1. The number of rotatable bonds is 3. The summed E-state index contributed by atoms with van der Waals surface area (Å²) < 4.78 is 13.3. The zero-order valence-corrected chi connectivity index (χ0v) is 14.9. The number of aryl methyl sites for hydroxylation is 1. The van der Waals surface area contributed by atoms with Crippen molar-refractivity contribution in [1.29, 1.82) is 0 Å². The molecule has 132 valence electrons. The minimum atomic E-state index is -0.358.